The largest absolute Gasteiger partial charge is 0.370 e. The van der Waals surface area contributed by atoms with Crippen LogP contribution in [0.5, 0.6) is 0 Å². The van der Waals surface area contributed by atoms with Gasteiger partial charge in [-0.1, -0.05) is 49.8 Å². The second kappa shape index (κ2) is 7.47. The summed E-state index contributed by atoms with van der Waals surface area (Å²) in [5.74, 6) is 2.27. The molecule has 21 heavy (non-hydrogen) atoms. The average molecular weight is 399 g/mol. The number of halogens is 1. The van der Waals surface area contributed by atoms with Crippen LogP contribution in [-0.4, -0.2) is 12.0 Å². The molecule has 0 heterocycles. The van der Waals surface area contributed by atoms with Crippen LogP contribution in [0.25, 0.3) is 0 Å². The van der Waals surface area contributed by atoms with Gasteiger partial charge in [0.1, 0.15) is 0 Å². The zero-order valence-electron chi connectivity index (χ0n) is 12.7. The van der Waals surface area contributed by atoms with Gasteiger partial charge in [-0.15, -0.1) is 24.0 Å². The normalized spacial score (nSPS) is 26.0. The maximum absolute atomic E-state index is 6.02. The van der Waals surface area contributed by atoms with E-state index in [9.17, 15) is 0 Å². The molecular weight excluding hydrogens is 373 g/mol. The van der Waals surface area contributed by atoms with E-state index in [4.69, 9.17) is 5.73 Å². The average Bonchev–Trinajstić information content (AvgIpc) is 3.21. The van der Waals surface area contributed by atoms with Gasteiger partial charge in [0.2, 0.25) is 0 Å². The zero-order chi connectivity index (χ0) is 13.9. The Morgan fingerprint density at radius 3 is 2.48 bits per heavy atom. The van der Waals surface area contributed by atoms with Crippen LogP contribution in [0.4, 0.5) is 5.69 Å². The van der Waals surface area contributed by atoms with Gasteiger partial charge in [0.05, 0.1) is 6.04 Å². The van der Waals surface area contributed by atoms with Gasteiger partial charge in [-0.25, -0.2) is 4.99 Å². The fraction of sp³-hybridized carbons (Fsp3) is 0.588. The van der Waals surface area contributed by atoms with Crippen LogP contribution in [0, 0.1) is 18.8 Å². The number of nitrogens with two attached hydrogens (primary N) is 1. The highest BCUT2D eigenvalue weighted by Gasteiger charge is 2.43. The van der Waals surface area contributed by atoms with Gasteiger partial charge in [-0.2, -0.15) is 0 Å². The van der Waals surface area contributed by atoms with Crippen molar-refractivity contribution in [3.63, 3.8) is 0 Å². The van der Waals surface area contributed by atoms with Gasteiger partial charge in [-0.05, 0) is 37.3 Å². The third kappa shape index (κ3) is 4.59. The predicted octanol–water partition coefficient (Wildman–Crippen LogP) is 4.31. The Morgan fingerprint density at radius 2 is 1.81 bits per heavy atom. The van der Waals surface area contributed by atoms with Crippen LogP contribution >= 0.6 is 24.0 Å². The molecule has 0 radical (unpaired) electrons. The number of aryl methyl sites for hydroxylation is 1. The molecule has 3 rings (SSSR count). The number of hydrogen-bond donors (Lipinski definition) is 2. The molecule has 0 bridgehead atoms. The third-order valence-electron chi connectivity index (χ3n) is 4.69. The molecule has 2 aliphatic carbocycles. The monoisotopic (exact) mass is 399 g/mol. The van der Waals surface area contributed by atoms with E-state index < -0.39 is 0 Å². The maximum atomic E-state index is 6.02. The lowest BCUT2D eigenvalue weighted by atomic mass is 9.85. The Morgan fingerprint density at radius 1 is 1.14 bits per heavy atom. The first-order chi connectivity index (χ1) is 9.72. The number of rotatable bonds is 3. The Hall–Kier alpha value is -0.780. The SMILES string of the molecule is Cc1ccc(NC(N)=NC2CC2C2CCCCC2)cc1.I. The van der Waals surface area contributed by atoms with Crippen molar-refractivity contribution in [2.24, 2.45) is 22.6 Å². The lowest BCUT2D eigenvalue weighted by molar-refractivity contribution is 0.318. The van der Waals surface area contributed by atoms with Crippen LogP contribution in [-0.2, 0) is 0 Å². The molecule has 0 saturated heterocycles. The fourth-order valence-electron chi connectivity index (χ4n) is 3.41. The summed E-state index contributed by atoms with van der Waals surface area (Å²) >= 11 is 0. The van der Waals surface area contributed by atoms with Crippen molar-refractivity contribution < 1.29 is 0 Å². The van der Waals surface area contributed by atoms with Gasteiger partial charge in [0.25, 0.3) is 0 Å². The number of guanidine groups is 1. The van der Waals surface area contributed by atoms with Gasteiger partial charge >= 0.3 is 0 Å². The first-order valence-corrected chi connectivity index (χ1v) is 7.89. The van der Waals surface area contributed by atoms with Crippen molar-refractivity contribution in [2.75, 3.05) is 5.32 Å². The molecule has 3 N–H and O–H groups in total. The maximum Gasteiger partial charge on any atom is 0.193 e. The quantitative estimate of drug-likeness (QED) is 0.452. The number of anilines is 1. The molecule has 2 aliphatic rings. The smallest absolute Gasteiger partial charge is 0.193 e. The van der Waals surface area contributed by atoms with E-state index in [0.29, 0.717) is 12.0 Å². The van der Waals surface area contributed by atoms with Crippen molar-refractivity contribution in [3.05, 3.63) is 29.8 Å². The number of nitrogens with one attached hydrogen (secondary N) is 1. The summed E-state index contributed by atoms with van der Waals surface area (Å²) in [7, 11) is 0. The molecule has 1 aromatic carbocycles. The molecule has 3 nitrogen and oxygen atoms in total. The number of benzene rings is 1. The second-order valence-electron chi connectivity index (χ2n) is 6.37. The van der Waals surface area contributed by atoms with Gasteiger partial charge < -0.3 is 11.1 Å². The van der Waals surface area contributed by atoms with Crippen molar-refractivity contribution in [3.8, 4) is 0 Å². The van der Waals surface area contributed by atoms with Crippen LogP contribution in [0.1, 0.15) is 44.1 Å². The van der Waals surface area contributed by atoms with Crippen molar-refractivity contribution in [2.45, 2.75) is 51.5 Å². The lowest BCUT2D eigenvalue weighted by Gasteiger charge is -2.21. The van der Waals surface area contributed by atoms with Crippen LogP contribution in [0.15, 0.2) is 29.3 Å². The predicted molar refractivity (Wildman–Crippen MR) is 100 cm³/mol. The standard InChI is InChI=1S/C17H25N3.HI/c1-12-7-9-14(10-8-12)19-17(18)20-16-11-15(16)13-5-3-2-4-6-13;/h7-10,13,15-16H,2-6,11H2,1H3,(H3,18,19,20);1H. The topological polar surface area (TPSA) is 50.4 Å². The summed E-state index contributed by atoms with van der Waals surface area (Å²) in [6, 6.07) is 8.72. The van der Waals surface area contributed by atoms with E-state index in [-0.39, 0.29) is 24.0 Å². The second-order valence-corrected chi connectivity index (χ2v) is 6.37. The lowest BCUT2D eigenvalue weighted by Crippen LogP contribution is -2.23. The number of nitrogens with zero attached hydrogens (tertiary/aromatic N) is 1. The van der Waals surface area contributed by atoms with E-state index in [1.165, 1.54) is 44.1 Å². The molecule has 0 amide bonds. The molecule has 0 aromatic heterocycles. The van der Waals surface area contributed by atoms with E-state index in [2.05, 4.69) is 29.4 Å². The molecule has 2 unspecified atom stereocenters. The summed E-state index contributed by atoms with van der Waals surface area (Å²) in [6.07, 6.45) is 8.29. The summed E-state index contributed by atoms with van der Waals surface area (Å²) in [6.45, 7) is 2.08. The van der Waals surface area contributed by atoms with E-state index in [1.807, 2.05) is 12.1 Å². The molecule has 0 aliphatic heterocycles. The molecule has 0 spiro atoms. The third-order valence-corrected chi connectivity index (χ3v) is 4.69. The van der Waals surface area contributed by atoms with Gasteiger partial charge in [-0.3, -0.25) is 0 Å². The Bertz CT molecular complexity index is 477. The number of hydrogen-bond acceptors (Lipinski definition) is 1. The molecule has 1 aromatic rings. The van der Waals surface area contributed by atoms with Crippen molar-refractivity contribution in [1.82, 2.24) is 0 Å². The summed E-state index contributed by atoms with van der Waals surface area (Å²) in [5.41, 5.74) is 8.29. The van der Waals surface area contributed by atoms with Crippen LogP contribution < -0.4 is 11.1 Å². The Labute approximate surface area is 144 Å². The van der Waals surface area contributed by atoms with E-state index in [1.54, 1.807) is 0 Å². The Kier molecular flexibility index (Phi) is 5.90. The minimum atomic E-state index is 0. The van der Waals surface area contributed by atoms with Crippen molar-refractivity contribution in [1.29, 1.82) is 0 Å². The van der Waals surface area contributed by atoms with Crippen LogP contribution in [0.3, 0.4) is 0 Å². The molecule has 116 valence electrons. The summed E-state index contributed by atoms with van der Waals surface area (Å²) in [4.78, 5) is 4.65. The first kappa shape index (κ1) is 16.6. The highest BCUT2D eigenvalue weighted by molar-refractivity contribution is 14.0. The van der Waals surface area contributed by atoms with Crippen LogP contribution in [0.2, 0.25) is 0 Å². The van der Waals surface area contributed by atoms with E-state index in [0.717, 1.165) is 17.5 Å². The molecular formula is C17H26IN3. The van der Waals surface area contributed by atoms with Crippen molar-refractivity contribution >= 4 is 35.6 Å². The zero-order valence-corrected chi connectivity index (χ0v) is 15.0. The molecule has 2 atom stereocenters. The molecule has 2 saturated carbocycles. The summed E-state index contributed by atoms with van der Waals surface area (Å²) in [5, 5.41) is 3.19. The van der Waals surface area contributed by atoms with E-state index >= 15 is 0 Å². The first-order valence-electron chi connectivity index (χ1n) is 7.89. The minimum absolute atomic E-state index is 0. The fourth-order valence-corrected chi connectivity index (χ4v) is 3.41. The molecule has 2 fully saturated rings. The highest BCUT2D eigenvalue weighted by Crippen LogP contribution is 2.46. The Balaban J connectivity index is 0.00000161. The van der Waals surface area contributed by atoms with Gasteiger partial charge in [0, 0.05) is 5.69 Å². The highest BCUT2D eigenvalue weighted by atomic mass is 127. The molecule has 4 heteroatoms. The minimum Gasteiger partial charge on any atom is -0.370 e. The summed E-state index contributed by atoms with van der Waals surface area (Å²) < 4.78 is 0. The number of aliphatic imine (C=N–C) groups is 1. The van der Waals surface area contributed by atoms with Gasteiger partial charge in [0.15, 0.2) is 5.96 Å².